The molecule has 4 rings (SSSR count). The van der Waals surface area contributed by atoms with Gasteiger partial charge in [-0.3, -0.25) is 4.68 Å². The van der Waals surface area contributed by atoms with Crippen LogP contribution in [0.15, 0.2) is 12.5 Å². The van der Waals surface area contributed by atoms with E-state index in [4.69, 9.17) is 0 Å². The third-order valence-corrected chi connectivity index (χ3v) is 5.07. The molecule has 2 atom stereocenters. The van der Waals surface area contributed by atoms with Crippen LogP contribution in [0.3, 0.4) is 0 Å². The van der Waals surface area contributed by atoms with Gasteiger partial charge in [-0.1, -0.05) is 0 Å². The highest BCUT2D eigenvalue weighted by Crippen LogP contribution is 2.40. The third kappa shape index (κ3) is 1.30. The lowest BCUT2D eigenvalue weighted by atomic mass is 10.2. The van der Waals surface area contributed by atoms with Gasteiger partial charge in [0.1, 0.15) is 12.1 Å². The first-order valence-corrected chi connectivity index (χ1v) is 6.89. The number of rotatable bonds is 1. The lowest BCUT2D eigenvalue weighted by Gasteiger charge is -2.27. The van der Waals surface area contributed by atoms with E-state index in [1.54, 1.807) is 6.33 Å². The molecule has 88 valence electrons. The molecular formula is C11H13N5S. The molecule has 6 heteroatoms. The maximum absolute atomic E-state index is 4.47. The summed E-state index contributed by atoms with van der Waals surface area (Å²) in [6, 6.07) is 0.656. The minimum absolute atomic E-state index is 0.656. The van der Waals surface area contributed by atoms with E-state index in [-0.39, 0.29) is 0 Å². The number of aromatic nitrogens is 4. The summed E-state index contributed by atoms with van der Waals surface area (Å²) < 4.78 is 1.81. The van der Waals surface area contributed by atoms with Gasteiger partial charge in [0.05, 0.1) is 11.6 Å². The molecule has 2 saturated heterocycles. The van der Waals surface area contributed by atoms with Crippen molar-refractivity contribution in [1.29, 1.82) is 0 Å². The van der Waals surface area contributed by atoms with Crippen LogP contribution >= 0.6 is 11.8 Å². The van der Waals surface area contributed by atoms with Crippen LogP contribution in [-0.2, 0) is 7.05 Å². The predicted octanol–water partition coefficient (Wildman–Crippen LogP) is 1.06. The topological polar surface area (TPSA) is 46.8 Å². The van der Waals surface area contributed by atoms with Crippen molar-refractivity contribution in [2.45, 2.75) is 17.7 Å². The Balaban J connectivity index is 1.85. The largest absolute Gasteiger partial charge is 0.351 e. The Morgan fingerprint density at radius 3 is 3.12 bits per heavy atom. The van der Waals surface area contributed by atoms with Crippen molar-refractivity contribution in [2.75, 3.05) is 17.2 Å². The fraction of sp³-hybridized carbons (Fsp3) is 0.545. The van der Waals surface area contributed by atoms with Gasteiger partial charge in [0.15, 0.2) is 5.65 Å². The van der Waals surface area contributed by atoms with Crippen molar-refractivity contribution in [3.63, 3.8) is 0 Å². The normalized spacial score (nSPS) is 27.2. The summed E-state index contributed by atoms with van der Waals surface area (Å²) in [5.41, 5.74) is 0.922. The van der Waals surface area contributed by atoms with Crippen LogP contribution in [0.4, 0.5) is 5.82 Å². The molecule has 0 amide bonds. The van der Waals surface area contributed by atoms with E-state index in [0.717, 1.165) is 28.6 Å². The number of thioether (sulfide) groups is 1. The molecule has 5 nitrogen and oxygen atoms in total. The zero-order valence-electron chi connectivity index (χ0n) is 9.58. The molecule has 0 radical (unpaired) electrons. The minimum atomic E-state index is 0.656. The summed E-state index contributed by atoms with van der Waals surface area (Å²) >= 11 is 2.10. The van der Waals surface area contributed by atoms with E-state index < -0.39 is 0 Å². The molecule has 2 unspecified atom stereocenters. The molecular weight excluding hydrogens is 234 g/mol. The smallest absolute Gasteiger partial charge is 0.163 e. The van der Waals surface area contributed by atoms with Crippen molar-refractivity contribution in [3.05, 3.63) is 12.5 Å². The number of aryl methyl sites for hydroxylation is 1. The SMILES string of the molecule is Cn1ncc2c(N3CC4CC3CS4)ncnc21. The lowest BCUT2D eigenvalue weighted by molar-refractivity contribution is 0.753. The Morgan fingerprint density at radius 1 is 1.41 bits per heavy atom. The molecule has 2 aromatic heterocycles. The second kappa shape index (κ2) is 3.35. The molecule has 2 aromatic rings. The van der Waals surface area contributed by atoms with Gasteiger partial charge in [-0.05, 0) is 6.42 Å². The molecule has 2 bridgehead atoms. The summed E-state index contributed by atoms with van der Waals surface area (Å²) in [7, 11) is 1.92. The highest BCUT2D eigenvalue weighted by Gasteiger charge is 2.39. The van der Waals surface area contributed by atoms with Crippen molar-refractivity contribution < 1.29 is 0 Å². The highest BCUT2D eigenvalue weighted by molar-refractivity contribution is 8.00. The zero-order valence-corrected chi connectivity index (χ0v) is 10.4. The Bertz CT molecular complexity index is 580. The maximum Gasteiger partial charge on any atom is 0.163 e. The van der Waals surface area contributed by atoms with Crippen LogP contribution in [0.5, 0.6) is 0 Å². The van der Waals surface area contributed by atoms with Crippen molar-refractivity contribution >= 4 is 28.6 Å². The van der Waals surface area contributed by atoms with Gasteiger partial charge in [0.2, 0.25) is 0 Å². The van der Waals surface area contributed by atoms with Crippen molar-refractivity contribution in [3.8, 4) is 0 Å². The summed E-state index contributed by atoms with van der Waals surface area (Å²) in [6.45, 7) is 1.12. The van der Waals surface area contributed by atoms with Gasteiger partial charge >= 0.3 is 0 Å². The van der Waals surface area contributed by atoms with Crippen LogP contribution in [0, 0.1) is 0 Å². The molecule has 2 fully saturated rings. The molecule has 0 spiro atoms. The monoisotopic (exact) mass is 247 g/mol. The zero-order chi connectivity index (χ0) is 11.4. The van der Waals surface area contributed by atoms with E-state index in [1.165, 1.54) is 12.2 Å². The molecule has 17 heavy (non-hydrogen) atoms. The Morgan fingerprint density at radius 2 is 2.35 bits per heavy atom. The molecule has 0 saturated carbocycles. The fourth-order valence-electron chi connectivity index (χ4n) is 2.84. The van der Waals surface area contributed by atoms with Crippen molar-refractivity contribution in [2.24, 2.45) is 7.05 Å². The van der Waals surface area contributed by atoms with Crippen LogP contribution in [-0.4, -0.2) is 43.3 Å². The molecule has 4 heterocycles. The summed E-state index contributed by atoms with van der Waals surface area (Å²) in [5, 5.41) is 6.14. The van der Waals surface area contributed by atoms with Gasteiger partial charge in [-0.25, -0.2) is 9.97 Å². The average molecular weight is 247 g/mol. The first-order valence-electron chi connectivity index (χ1n) is 5.84. The molecule has 2 aliphatic rings. The van der Waals surface area contributed by atoms with Crippen molar-refractivity contribution in [1.82, 2.24) is 19.7 Å². The number of anilines is 1. The van der Waals surface area contributed by atoms with E-state index >= 15 is 0 Å². The van der Waals surface area contributed by atoms with Crippen LogP contribution in [0.1, 0.15) is 6.42 Å². The number of hydrogen-bond donors (Lipinski definition) is 0. The first kappa shape index (κ1) is 9.70. The Kier molecular flexibility index (Phi) is 1.91. The number of nitrogens with zero attached hydrogens (tertiary/aromatic N) is 5. The minimum Gasteiger partial charge on any atom is -0.351 e. The number of fused-ring (bicyclic) bond motifs is 3. The average Bonchev–Trinajstić information content (AvgIpc) is 3.04. The fourth-order valence-corrected chi connectivity index (χ4v) is 4.27. The van der Waals surface area contributed by atoms with Gasteiger partial charge in [-0.2, -0.15) is 16.9 Å². The van der Waals surface area contributed by atoms with Gasteiger partial charge in [0.25, 0.3) is 0 Å². The molecule has 0 N–H and O–H groups in total. The first-order chi connectivity index (χ1) is 8.33. The second-order valence-electron chi connectivity index (χ2n) is 4.70. The lowest BCUT2D eigenvalue weighted by Crippen LogP contribution is -2.34. The Hall–Kier alpha value is -1.30. The highest BCUT2D eigenvalue weighted by atomic mass is 32.2. The van der Waals surface area contributed by atoms with Gasteiger partial charge < -0.3 is 4.90 Å². The number of hydrogen-bond acceptors (Lipinski definition) is 5. The molecule has 0 aromatic carbocycles. The molecule has 2 aliphatic heterocycles. The van der Waals surface area contributed by atoms with Crippen LogP contribution in [0.2, 0.25) is 0 Å². The third-order valence-electron chi connectivity index (χ3n) is 3.68. The van der Waals surface area contributed by atoms with E-state index in [0.29, 0.717) is 6.04 Å². The van der Waals surface area contributed by atoms with Crippen LogP contribution < -0.4 is 4.90 Å². The second-order valence-corrected chi connectivity index (χ2v) is 6.03. The Labute approximate surface area is 103 Å². The molecule has 0 aliphatic carbocycles. The van der Waals surface area contributed by atoms with Gasteiger partial charge in [-0.15, -0.1) is 0 Å². The summed E-state index contributed by atoms with van der Waals surface area (Å²) in [6.07, 6.45) is 4.83. The predicted molar refractivity (Wildman–Crippen MR) is 68.3 cm³/mol. The van der Waals surface area contributed by atoms with E-state index in [9.17, 15) is 0 Å². The summed E-state index contributed by atoms with van der Waals surface area (Å²) in [5.74, 6) is 2.30. The standard InChI is InChI=1S/C11H13N5S/c1-15-10-9(3-14-15)11(13-6-12-10)16-4-8-2-7(16)5-17-8/h3,6-8H,2,4-5H2,1H3. The van der Waals surface area contributed by atoms with Gasteiger partial charge in [0, 0.05) is 30.6 Å². The van der Waals surface area contributed by atoms with E-state index in [2.05, 4.69) is 31.7 Å². The van der Waals surface area contributed by atoms with E-state index in [1.807, 2.05) is 17.9 Å². The maximum atomic E-state index is 4.47. The quantitative estimate of drug-likeness (QED) is 0.754. The summed E-state index contributed by atoms with van der Waals surface area (Å²) in [4.78, 5) is 11.2. The van der Waals surface area contributed by atoms with Crippen LogP contribution in [0.25, 0.3) is 11.0 Å².